The van der Waals surface area contributed by atoms with E-state index in [0.29, 0.717) is 5.92 Å². The summed E-state index contributed by atoms with van der Waals surface area (Å²) in [4.78, 5) is 0. The molecule has 1 aliphatic heterocycles. The van der Waals surface area contributed by atoms with E-state index < -0.39 is 0 Å². The zero-order valence-corrected chi connectivity index (χ0v) is 11.7. The molecule has 0 spiro atoms. The molecule has 0 radical (unpaired) electrons. The first kappa shape index (κ1) is 13.0. The van der Waals surface area contributed by atoms with Crippen LogP contribution in [0.1, 0.15) is 30.0 Å². The lowest BCUT2D eigenvalue weighted by Gasteiger charge is -2.31. The van der Waals surface area contributed by atoms with E-state index in [1.54, 1.807) is 0 Å². The van der Waals surface area contributed by atoms with Crippen LogP contribution in [-0.2, 0) is 4.74 Å². The van der Waals surface area contributed by atoms with Crippen molar-refractivity contribution in [3.63, 3.8) is 0 Å². The number of nitrogens with one attached hydrogen (secondary N) is 1. The van der Waals surface area contributed by atoms with Gasteiger partial charge >= 0.3 is 0 Å². The Hall–Kier alpha value is -0.420. The molecule has 1 heterocycles. The third-order valence-electron chi connectivity index (χ3n) is 3.56. The van der Waals surface area contributed by atoms with Crippen molar-refractivity contribution in [3.05, 3.63) is 33.8 Å². The molecule has 1 aromatic carbocycles. The standard InChI is InChI=1S/C13H19BrN2O/c1-9-11(3-2-4-12(9)14)13(16-15)10-5-7-17-8-6-10/h2-4,10,13,16H,5-8,15H2,1H3. The van der Waals surface area contributed by atoms with Gasteiger partial charge in [0.1, 0.15) is 0 Å². The fourth-order valence-electron chi connectivity index (χ4n) is 2.49. The molecule has 3 nitrogen and oxygen atoms in total. The maximum absolute atomic E-state index is 5.75. The van der Waals surface area contributed by atoms with Crippen LogP contribution in [0.5, 0.6) is 0 Å². The highest BCUT2D eigenvalue weighted by molar-refractivity contribution is 9.10. The predicted octanol–water partition coefficient (Wildman–Crippen LogP) is 2.69. The molecule has 0 saturated carbocycles. The van der Waals surface area contributed by atoms with E-state index in [2.05, 4.69) is 46.5 Å². The second-order valence-corrected chi connectivity index (χ2v) is 5.40. The van der Waals surface area contributed by atoms with Gasteiger partial charge in [0, 0.05) is 23.7 Å². The summed E-state index contributed by atoms with van der Waals surface area (Å²) in [5.74, 6) is 6.31. The third kappa shape index (κ3) is 2.88. The van der Waals surface area contributed by atoms with Crippen molar-refractivity contribution in [1.29, 1.82) is 0 Å². The van der Waals surface area contributed by atoms with Crippen molar-refractivity contribution in [2.24, 2.45) is 11.8 Å². The molecule has 0 aliphatic carbocycles. The molecular formula is C13H19BrN2O. The van der Waals surface area contributed by atoms with Crippen LogP contribution in [0, 0.1) is 12.8 Å². The third-order valence-corrected chi connectivity index (χ3v) is 4.42. The number of nitrogens with two attached hydrogens (primary N) is 1. The number of hydrogen-bond donors (Lipinski definition) is 2. The van der Waals surface area contributed by atoms with E-state index in [4.69, 9.17) is 10.6 Å². The SMILES string of the molecule is Cc1c(Br)cccc1C(NN)C1CCOCC1. The van der Waals surface area contributed by atoms with Gasteiger partial charge in [0.25, 0.3) is 0 Å². The van der Waals surface area contributed by atoms with Crippen LogP contribution in [-0.4, -0.2) is 13.2 Å². The quantitative estimate of drug-likeness (QED) is 0.666. The summed E-state index contributed by atoms with van der Waals surface area (Å²) in [7, 11) is 0. The number of hydrazine groups is 1. The van der Waals surface area contributed by atoms with E-state index in [1.165, 1.54) is 11.1 Å². The molecule has 1 aliphatic rings. The molecule has 1 aromatic rings. The Balaban J connectivity index is 2.24. The summed E-state index contributed by atoms with van der Waals surface area (Å²) in [6.45, 7) is 3.81. The number of halogens is 1. The fraction of sp³-hybridized carbons (Fsp3) is 0.538. The Kier molecular flexibility index (Phi) is 4.56. The second-order valence-electron chi connectivity index (χ2n) is 4.55. The average Bonchev–Trinajstić information content (AvgIpc) is 2.37. The minimum Gasteiger partial charge on any atom is -0.381 e. The largest absolute Gasteiger partial charge is 0.381 e. The Bertz CT molecular complexity index is 378. The minimum atomic E-state index is 0.219. The summed E-state index contributed by atoms with van der Waals surface area (Å²) < 4.78 is 6.55. The van der Waals surface area contributed by atoms with Gasteiger partial charge in [-0.3, -0.25) is 11.3 Å². The van der Waals surface area contributed by atoms with Crippen molar-refractivity contribution in [2.45, 2.75) is 25.8 Å². The highest BCUT2D eigenvalue weighted by Crippen LogP contribution is 2.33. The minimum absolute atomic E-state index is 0.219. The van der Waals surface area contributed by atoms with Crippen LogP contribution in [0.3, 0.4) is 0 Å². The molecule has 0 aromatic heterocycles. The molecule has 0 bridgehead atoms. The normalized spacial score (nSPS) is 19.2. The van der Waals surface area contributed by atoms with Gasteiger partial charge in [-0.15, -0.1) is 0 Å². The Morgan fingerprint density at radius 1 is 1.41 bits per heavy atom. The van der Waals surface area contributed by atoms with E-state index in [0.717, 1.165) is 30.5 Å². The van der Waals surface area contributed by atoms with Crippen LogP contribution < -0.4 is 11.3 Å². The van der Waals surface area contributed by atoms with Crippen molar-refractivity contribution >= 4 is 15.9 Å². The van der Waals surface area contributed by atoms with Gasteiger partial charge in [-0.2, -0.15) is 0 Å². The van der Waals surface area contributed by atoms with E-state index in [9.17, 15) is 0 Å². The van der Waals surface area contributed by atoms with Gasteiger partial charge in [0.15, 0.2) is 0 Å². The molecule has 0 amide bonds. The molecule has 1 atom stereocenters. The van der Waals surface area contributed by atoms with Gasteiger partial charge in [-0.05, 0) is 42.9 Å². The van der Waals surface area contributed by atoms with Crippen LogP contribution in [0.4, 0.5) is 0 Å². The summed E-state index contributed by atoms with van der Waals surface area (Å²) in [5.41, 5.74) is 5.53. The lowest BCUT2D eigenvalue weighted by molar-refractivity contribution is 0.0535. The number of hydrogen-bond acceptors (Lipinski definition) is 3. The first-order valence-electron chi connectivity index (χ1n) is 6.03. The molecule has 2 rings (SSSR count). The first-order valence-corrected chi connectivity index (χ1v) is 6.82. The van der Waals surface area contributed by atoms with Crippen LogP contribution in [0.25, 0.3) is 0 Å². The topological polar surface area (TPSA) is 47.3 Å². The van der Waals surface area contributed by atoms with Gasteiger partial charge in [0.05, 0.1) is 0 Å². The molecular weight excluding hydrogens is 280 g/mol. The summed E-state index contributed by atoms with van der Waals surface area (Å²) >= 11 is 3.57. The van der Waals surface area contributed by atoms with Gasteiger partial charge < -0.3 is 4.74 Å². The predicted molar refractivity (Wildman–Crippen MR) is 72.5 cm³/mol. The summed E-state index contributed by atoms with van der Waals surface area (Å²) in [6, 6.07) is 6.50. The van der Waals surface area contributed by atoms with Crippen molar-refractivity contribution < 1.29 is 4.74 Å². The number of benzene rings is 1. The monoisotopic (exact) mass is 298 g/mol. The summed E-state index contributed by atoms with van der Waals surface area (Å²) in [6.07, 6.45) is 2.14. The number of ether oxygens (including phenoxy) is 1. The van der Waals surface area contributed by atoms with Crippen molar-refractivity contribution in [1.82, 2.24) is 5.43 Å². The molecule has 3 N–H and O–H groups in total. The molecule has 94 valence electrons. The van der Waals surface area contributed by atoms with Crippen LogP contribution in [0.15, 0.2) is 22.7 Å². The van der Waals surface area contributed by atoms with E-state index in [-0.39, 0.29) is 6.04 Å². The van der Waals surface area contributed by atoms with Crippen LogP contribution in [0.2, 0.25) is 0 Å². The molecule has 1 saturated heterocycles. The lowest BCUT2D eigenvalue weighted by atomic mass is 9.86. The Labute approximate surface area is 111 Å². The zero-order chi connectivity index (χ0) is 12.3. The maximum Gasteiger partial charge on any atom is 0.0492 e. The molecule has 17 heavy (non-hydrogen) atoms. The molecule has 4 heteroatoms. The van der Waals surface area contributed by atoms with Gasteiger partial charge in [0.2, 0.25) is 0 Å². The van der Waals surface area contributed by atoms with E-state index in [1.807, 2.05) is 0 Å². The smallest absolute Gasteiger partial charge is 0.0492 e. The Morgan fingerprint density at radius 3 is 2.76 bits per heavy atom. The number of rotatable bonds is 3. The van der Waals surface area contributed by atoms with Gasteiger partial charge in [-0.25, -0.2) is 0 Å². The average molecular weight is 299 g/mol. The van der Waals surface area contributed by atoms with Gasteiger partial charge in [-0.1, -0.05) is 28.1 Å². The summed E-state index contributed by atoms with van der Waals surface area (Å²) in [5, 5.41) is 0. The molecule has 1 unspecified atom stereocenters. The highest BCUT2D eigenvalue weighted by atomic mass is 79.9. The fourth-order valence-corrected chi connectivity index (χ4v) is 2.87. The lowest BCUT2D eigenvalue weighted by Crippen LogP contribution is -2.36. The first-order chi connectivity index (χ1) is 8.24. The second kappa shape index (κ2) is 5.96. The Morgan fingerprint density at radius 2 is 2.12 bits per heavy atom. The maximum atomic E-state index is 5.75. The molecule has 1 fully saturated rings. The highest BCUT2D eigenvalue weighted by Gasteiger charge is 2.25. The van der Waals surface area contributed by atoms with Crippen molar-refractivity contribution in [3.8, 4) is 0 Å². The van der Waals surface area contributed by atoms with E-state index >= 15 is 0 Å². The van der Waals surface area contributed by atoms with Crippen molar-refractivity contribution in [2.75, 3.05) is 13.2 Å². The zero-order valence-electron chi connectivity index (χ0n) is 10.1. The van der Waals surface area contributed by atoms with Crippen LogP contribution >= 0.6 is 15.9 Å².